The van der Waals surface area contributed by atoms with Crippen molar-refractivity contribution in [3.05, 3.63) is 23.8 Å². The average Bonchev–Trinajstić information content (AvgIpc) is 2.28. The highest BCUT2D eigenvalue weighted by atomic mass is 32.2. The van der Waals surface area contributed by atoms with Crippen molar-refractivity contribution in [3.8, 4) is 6.07 Å². The maximum Gasteiger partial charge on any atom is 0.182 e. The molecule has 1 aromatic carbocycles. The molecule has 5 heteroatoms. The van der Waals surface area contributed by atoms with E-state index >= 15 is 0 Å². The van der Waals surface area contributed by atoms with Crippen LogP contribution >= 0.6 is 0 Å². The van der Waals surface area contributed by atoms with Crippen molar-refractivity contribution in [2.24, 2.45) is 0 Å². The summed E-state index contributed by atoms with van der Waals surface area (Å²) in [6.07, 6.45) is 0.199. The van der Waals surface area contributed by atoms with Gasteiger partial charge in [0.25, 0.3) is 0 Å². The van der Waals surface area contributed by atoms with Crippen LogP contribution in [0.3, 0.4) is 0 Å². The van der Waals surface area contributed by atoms with E-state index in [1.165, 1.54) is 0 Å². The molecule has 1 atom stereocenters. The molecule has 0 aliphatic carbocycles. The molecule has 1 aliphatic heterocycles. The number of nitrogens with one attached hydrogen (secondary N) is 1. The predicted octanol–water partition coefficient (Wildman–Crippen LogP) is 2.29. The zero-order valence-electron chi connectivity index (χ0n) is 10.5. The summed E-state index contributed by atoms with van der Waals surface area (Å²) in [5.41, 5.74) is 1.63. The minimum Gasteiger partial charge on any atom is -0.379 e. The summed E-state index contributed by atoms with van der Waals surface area (Å²) in [6.45, 7) is 4.06. The summed E-state index contributed by atoms with van der Waals surface area (Å²) in [4.78, 5) is 0.364. The monoisotopic (exact) mass is 264 g/mol. The summed E-state index contributed by atoms with van der Waals surface area (Å²) in [7, 11) is -3.28. The van der Waals surface area contributed by atoms with Gasteiger partial charge in [-0.2, -0.15) is 5.26 Å². The molecular weight excluding hydrogens is 248 g/mol. The molecule has 18 heavy (non-hydrogen) atoms. The number of nitriles is 1. The molecule has 2 rings (SSSR count). The zero-order chi connectivity index (χ0) is 13.3. The Labute approximate surface area is 108 Å². The van der Waals surface area contributed by atoms with Crippen LogP contribution in [0.4, 0.5) is 5.69 Å². The Morgan fingerprint density at radius 1 is 1.50 bits per heavy atom. The third-order valence-electron chi connectivity index (χ3n) is 3.13. The smallest absolute Gasteiger partial charge is 0.182 e. The van der Waals surface area contributed by atoms with E-state index in [0.717, 1.165) is 5.56 Å². The minimum atomic E-state index is -3.28. The molecule has 0 bridgehead atoms. The fraction of sp³-hybridized carbons (Fsp3) is 0.462. The Kier molecular flexibility index (Phi) is 3.31. The molecular formula is C13H16N2O2S. The second-order valence-electron chi connectivity index (χ2n) is 4.90. The fourth-order valence-electron chi connectivity index (χ4n) is 2.11. The van der Waals surface area contributed by atoms with E-state index in [2.05, 4.69) is 5.32 Å². The molecule has 0 amide bonds. The zero-order valence-corrected chi connectivity index (χ0v) is 11.3. The lowest BCUT2D eigenvalue weighted by molar-refractivity contribution is 0.586. The molecule has 1 aromatic rings. The number of anilines is 1. The van der Waals surface area contributed by atoms with Gasteiger partial charge in [0.1, 0.15) is 0 Å². The second-order valence-corrected chi connectivity index (χ2v) is 6.90. The Morgan fingerprint density at radius 2 is 2.22 bits per heavy atom. The van der Waals surface area contributed by atoms with Gasteiger partial charge in [0.15, 0.2) is 9.84 Å². The molecule has 0 saturated carbocycles. The molecule has 1 aliphatic rings. The van der Waals surface area contributed by atoms with E-state index in [1.54, 1.807) is 12.1 Å². The number of benzene rings is 1. The molecule has 4 nitrogen and oxygen atoms in total. The molecule has 0 spiro atoms. The number of fused-ring (bicyclic) bond motifs is 1. The lowest BCUT2D eigenvalue weighted by atomic mass is 10.0. The topological polar surface area (TPSA) is 70.0 Å². The molecule has 96 valence electrons. The van der Waals surface area contributed by atoms with Crippen LogP contribution < -0.4 is 5.32 Å². The van der Waals surface area contributed by atoms with Crippen molar-refractivity contribution >= 4 is 15.5 Å². The normalized spacial score (nSPS) is 20.9. The second kappa shape index (κ2) is 4.62. The first-order valence-corrected chi connectivity index (χ1v) is 7.59. The average molecular weight is 264 g/mol. The summed E-state index contributed by atoms with van der Waals surface area (Å²) >= 11 is 0. The standard InChI is InChI=1S/C13H16N2O2S/c1-9(2)10-3-4-12-13(7-10)18(16,17)8-11(15-12)5-6-14/h3-4,7,9,11,15H,5,8H2,1-2H3. The van der Waals surface area contributed by atoms with Gasteiger partial charge in [0.05, 0.1) is 34.9 Å². The highest BCUT2D eigenvalue weighted by Crippen LogP contribution is 2.31. The summed E-state index contributed by atoms with van der Waals surface area (Å²) in [6, 6.07) is 7.17. The van der Waals surface area contributed by atoms with Crippen molar-refractivity contribution in [2.45, 2.75) is 37.1 Å². The van der Waals surface area contributed by atoms with Crippen LogP contribution in [0.15, 0.2) is 23.1 Å². The van der Waals surface area contributed by atoms with E-state index in [4.69, 9.17) is 5.26 Å². The van der Waals surface area contributed by atoms with E-state index < -0.39 is 9.84 Å². The molecule has 1 N–H and O–H groups in total. The van der Waals surface area contributed by atoms with Crippen LogP contribution in [0.25, 0.3) is 0 Å². The first kappa shape index (κ1) is 12.9. The molecule has 0 radical (unpaired) electrons. The van der Waals surface area contributed by atoms with Crippen LogP contribution in [0, 0.1) is 11.3 Å². The van der Waals surface area contributed by atoms with Gasteiger partial charge < -0.3 is 5.32 Å². The molecule has 0 aromatic heterocycles. The number of rotatable bonds is 2. The fourth-order valence-corrected chi connectivity index (χ4v) is 3.80. The first-order chi connectivity index (χ1) is 8.44. The number of sulfone groups is 1. The van der Waals surface area contributed by atoms with Gasteiger partial charge in [-0.1, -0.05) is 19.9 Å². The maximum absolute atomic E-state index is 12.2. The van der Waals surface area contributed by atoms with Crippen molar-refractivity contribution in [3.63, 3.8) is 0 Å². The Hall–Kier alpha value is -1.54. The van der Waals surface area contributed by atoms with Crippen LogP contribution in [-0.4, -0.2) is 20.2 Å². The van der Waals surface area contributed by atoms with Crippen LogP contribution in [-0.2, 0) is 9.84 Å². The van der Waals surface area contributed by atoms with Gasteiger partial charge >= 0.3 is 0 Å². The van der Waals surface area contributed by atoms with E-state index in [-0.39, 0.29) is 18.2 Å². The van der Waals surface area contributed by atoms with Crippen LogP contribution in [0.5, 0.6) is 0 Å². The largest absolute Gasteiger partial charge is 0.379 e. The third kappa shape index (κ3) is 2.34. The molecule has 1 unspecified atom stereocenters. The maximum atomic E-state index is 12.2. The van der Waals surface area contributed by atoms with Gasteiger partial charge in [0, 0.05) is 0 Å². The summed E-state index contributed by atoms with van der Waals surface area (Å²) in [5, 5.41) is 11.8. The van der Waals surface area contributed by atoms with E-state index in [9.17, 15) is 8.42 Å². The third-order valence-corrected chi connectivity index (χ3v) is 4.97. The Bertz CT molecular complexity index is 600. The number of hydrogen-bond acceptors (Lipinski definition) is 4. The predicted molar refractivity (Wildman–Crippen MR) is 70.2 cm³/mol. The highest BCUT2D eigenvalue weighted by Gasteiger charge is 2.30. The summed E-state index contributed by atoms with van der Waals surface area (Å²) in [5.74, 6) is 0.289. The lowest BCUT2D eigenvalue weighted by Gasteiger charge is -2.26. The minimum absolute atomic E-state index is 0.00485. The van der Waals surface area contributed by atoms with Gasteiger partial charge in [-0.05, 0) is 23.6 Å². The molecule has 0 fully saturated rings. The van der Waals surface area contributed by atoms with Gasteiger partial charge in [-0.3, -0.25) is 0 Å². The van der Waals surface area contributed by atoms with Crippen molar-refractivity contribution in [2.75, 3.05) is 11.1 Å². The first-order valence-electron chi connectivity index (χ1n) is 5.94. The number of nitrogens with zero attached hydrogens (tertiary/aromatic N) is 1. The SMILES string of the molecule is CC(C)c1ccc2c(c1)S(=O)(=O)CC(CC#N)N2. The van der Waals surface area contributed by atoms with Crippen LogP contribution in [0.2, 0.25) is 0 Å². The number of hydrogen-bond donors (Lipinski definition) is 1. The lowest BCUT2D eigenvalue weighted by Crippen LogP contribution is -2.34. The van der Waals surface area contributed by atoms with Crippen molar-refractivity contribution in [1.29, 1.82) is 5.26 Å². The van der Waals surface area contributed by atoms with Gasteiger partial charge in [0.2, 0.25) is 0 Å². The van der Waals surface area contributed by atoms with E-state index in [1.807, 2.05) is 26.0 Å². The highest BCUT2D eigenvalue weighted by molar-refractivity contribution is 7.91. The van der Waals surface area contributed by atoms with Crippen molar-refractivity contribution in [1.82, 2.24) is 0 Å². The van der Waals surface area contributed by atoms with Gasteiger partial charge in [-0.25, -0.2) is 8.42 Å². The Morgan fingerprint density at radius 3 is 2.83 bits per heavy atom. The molecule has 1 heterocycles. The van der Waals surface area contributed by atoms with Gasteiger partial charge in [-0.15, -0.1) is 0 Å². The van der Waals surface area contributed by atoms with Crippen LogP contribution in [0.1, 0.15) is 31.7 Å². The summed E-state index contributed by atoms with van der Waals surface area (Å²) < 4.78 is 24.4. The quantitative estimate of drug-likeness (QED) is 0.889. The van der Waals surface area contributed by atoms with Crippen molar-refractivity contribution < 1.29 is 8.42 Å². The Balaban J connectivity index is 2.47. The van der Waals surface area contributed by atoms with E-state index in [0.29, 0.717) is 16.5 Å². The molecule has 0 saturated heterocycles.